The van der Waals surface area contributed by atoms with Crippen molar-refractivity contribution in [3.8, 4) is 11.3 Å². The van der Waals surface area contributed by atoms with Crippen LogP contribution in [-0.2, 0) is 16.1 Å². The minimum atomic E-state index is -0.895. The first-order chi connectivity index (χ1) is 16.5. The van der Waals surface area contributed by atoms with Crippen molar-refractivity contribution in [1.82, 2.24) is 19.8 Å². The summed E-state index contributed by atoms with van der Waals surface area (Å²) in [5.41, 5.74) is 2.23. The second-order valence-corrected chi connectivity index (χ2v) is 9.07. The maximum atomic E-state index is 13.6. The van der Waals surface area contributed by atoms with Crippen LogP contribution in [0.1, 0.15) is 36.6 Å². The Hall–Kier alpha value is -3.55. The van der Waals surface area contributed by atoms with Crippen LogP contribution in [0.25, 0.3) is 11.3 Å². The van der Waals surface area contributed by atoms with Gasteiger partial charge in [-0.25, -0.2) is 13.8 Å². The van der Waals surface area contributed by atoms with Gasteiger partial charge in [-0.1, -0.05) is 30.3 Å². The number of halogens is 2. The Morgan fingerprint density at radius 2 is 1.82 bits per heavy atom. The highest BCUT2D eigenvalue weighted by molar-refractivity contribution is 5.89. The Labute approximate surface area is 196 Å². The number of amides is 2. The largest absolute Gasteiger partial charge is 0.342 e. The summed E-state index contributed by atoms with van der Waals surface area (Å²) in [7, 11) is 0. The van der Waals surface area contributed by atoms with E-state index in [0.717, 1.165) is 36.4 Å². The molecule has 0 bridgehead atoms. The standard InChI is InChI=1S/C26H26F2N4O2/c27-21-7-6-19(12-22(21)28)23-14-29-25(30-23)18-8-10-31(11-9-18)26(34)20-13-24(33)32(16-20)15-17-4-2-1-3-5-17/h1-7,12,14,18,20H,8-11,13,15-16H2,(H,29,30). The van der Waals surface area contributed by atoms with E-state index < -0.39 is 11.6 Å². The number of rotatable bonds is 5. The number of carbonyl (C=O) groups excluding carboxylic acids is 2. The van der Waals surface area contributed by atoms with Crippen molar-refractivity contribution < 1.29 is 18.4 Å². The topological polar surface area (TPSA) is 69.3 Å². The van der Waals surface area contributed by atoms with E-state index in [0.29, 0.717) is 37.4 Å². The van der Waals surface area contributed by atoms with Crippen LogP contribution in [0, 0.1) is 17.6 Å². The Bertz CT molecular complexity index is 1190. The number of benzene rings is 2. The first-order valence-corrected chi connectivity index (χ1v) is 11.6. The molecule has 1 N–H and O–H groups in total. The molecule has 5 rings (SSSR count). The molecule has 3 aromatic rings. The number of hydrogen-bond donors (Lipinski definition) is 1. The molecule has 34 heavy (non-hydrogen) atoms. The van der Waals surface area contributed by atoms with Gasteiger partial charge in [0.05, 0.1) is 17.8 Å². The van der Waals surface area contributed by atoms with Crippen molar-refractivity contribution in [2.24, 2.45) is 5.92 Å². The summed E-state index contributed by atoms with van der Waals surface area (Å²) >= 11 is 0. The lowest BCUT2D eigenvalue weighted by Gasteiger charge is -2.32. The molecule has 8 heteroatoms. The molecule has 1 unspecified atom stereocenters. The maximum Gasteiger partial charge on any atom is 0.227 e. The van der Waals surface area contributed by atoms with Gasteiger partial charge in [-0.2, -0.15) is 0 Å². The minimum absolute atomic E-state index is 0.0254. The Kier molecular flexibility index (Phi) is 6.13. The summed E-state index contributed by atoms with van der Waals surface area (Å²) in [4.78, 5) is 36.9. The van der Waals surface area contributed by atoms with E-state index in [1.165, 1.54) is 6.07 Å². The SMILES string of the molecule is O=C1CC(C(=O)N2CCC(c3ncc(-c4ccc(F)c(F)c4)[nH]3)CC2)CN1Cc1ccccc1. The van der Waals surface area contributed by atoms with Crippen LogP contribution in [0.2, 0.25) is 0 Å². The molecule has 6 nitrogen and oxygen atoms in total. The van der Waals surface area contributed by atoms with Crippen molar-refractivity contribution >= 4 is 11.8 Å². The number of carbonyl (C=O) groups is 2. The zero-order chi connectivity index (χ0) is 23.7. The first kappa shape index (κ1) is 22.3. The van der Waals surface area contributed by atoms with Gasteiger partial charge in [0, 0.05) is 44.1 Å². The van der Waals surface area contributed by atoms with E-state index in [1.807, 2.05) is 35.2 Å². The van der Waals surface area contributed by atoms with E-state index >= 15 is 0 Å². The molecule has 0 spiro atoms. The average Bonchev–Trinajstić information content (AvgIpc) is 3.49. The van der Waals surface area contributed by atoms with Crippen molar-refractivity contribution in [1.29, 1.82) is 0 Å². The number of nitrogens with one attached hydrogen (secondary N) is 1. The van der Waals surface area contributed by atoms with Crippen LogP contribution < -0.4 is 0 Å². The Morgan fingerprint density at radius 1 is 1.06 bits per heavy atom. The average molecular weight is 465 g/mol. The molecule has 2 amide bonds. The van der Waals surface area contributed by atoms with E-state index in [9.17, 15) is 18.4 Å². The fourth-order valence-corrected chi connectivity index (χ4v) is 4.88. The highest BCUT2D eigenvalue weighted by Crippen LogP contribution is 2.30. The number of piperidine rings is 1. The van der Waals surface area contributed by atoms with Gasteiger partial charge in [0.25, 0.3) is 0 Å². The zero-order valence-electron chi connectivity index (χ0n) is 18.7. The monoisotopic (exact) mass is 464 g/mol. The van der Waals surface area contributed by atoms with Gasteiger partial charge in [-0.15, -0.1) is 0 Å². The molecular weight excluding hydrogens is 438 g/mol. The van der Waals surface area contributed by atoms with Gasteiger partial charge in [0.1, 0.15) is 5.82 Å². The summed E-state index contributed by atoms with van der Waals surface area (Å²) in [5, 5.41) is 0. The van der Waals surface area contributed by atoms with Crippen LogP contribution in [0.15, 0.2) is 54.7 Å². The first-order valence-electron chi connectivity index (χ1n) is 11.6. The molecule has 0 radical (unpaired) electrons. The zero-order valence-corrected chi connectivity index (χ0v) is 18.7. The molecule has 1 atom stereocenters. The third kappa shape index (κ3) is 4.58. The summed E-state index contributed by atoms with van der Waals surface area (Å²) in [6.45, 7) is 2.20. The van der Waals surface area contributed by atoms with E-state index in [1.54, 1.807) is 11.1 Å². The van der Waals surface area contributed by atoms with Crippen molar-refractivity contribution in [2.75, 3.05) is 19.6 Å². The van der Waals surface area contributed by atoms with Crippen LogP contribution in [0.3, 0.4) is 0 Å². The van der Waals surface area contributed by atoms with E-state index in [-0.39, 0.29) is 30.1 Å². The highest BCUT2D eigenvalue weighted by atomic mass is 19.2. The number of H-pyrrole nitrogens is 1. The quantitative estimate of drug-likeness (QED) is 0.618. The molecular formula is C26H26F2N4O2. The number of hydrogen-bond acceptors (Lipinski definition) is 3. The molecule has 2 aliphatic rings. The smallest absolute Gasteiger partial charge is 0.227 e. The Morgan fingerprint density at radius 3 is 2.56 bits per heavy atom. The normalized spacial score (nSPS) is 19.1. The molecule has 2 fully saturated rings. The van der Waals surface area contributed by atoms with Gasteiger partial charge in [0.15, 0.2) is 11.6 Å². The lowest BCUT2D eigenvalue weighted by molar-refractivity contribution is -0.136. The van der Waals surface area contributed by atoms with Gasteiger partial charge < -0.3 is 14.8 Å². The predicted octanol–water partition coefficient (Wildman–Crippen LogP) is 4.11. The minimum Gasteiger partial charge on any atom is -0.342 e. The second kappa shape index (κ2) is 9.37. The Balaban J connectivity index is 1.16. The number of likely N-dealkylation sites (tertiary alicyclic amines) is 2. The van der Waals surface area contributed by atoms with Gasteiger partial charge in [-0.3, -0.25) is 9.59 Å². The molecule has 0 aliphatic carbocycles. The predicted molar refractivity (Wildman–Crippen MR) is 122 cm³/mol. The van der Waals surface area contributed by atoms with E-state index in [2.05, 4.69) is 9.97 Å². The number of imidazole rings is 1. The molecule has 0 saturated carbocycles. The lowest BCUT2D eigenvalue weighted by Crippen LogP contribution is -2.42. The van der Waals surface area contributed by atoms with Crippen molar-refractivity contribution in [3.63, 3.8) is 0 Å². The fraction of sp³-hybridized carbons (Fsp3) is 0.346. The summed E-state index contributed by atoms with van der Waals surface area (Å²) in [6.07, 6.45) is 3.40. The van der Waals surface area contributed by atoms with Crippen LogP contribution in [0.5, 0.6) is 0 Å². The molecule has 2 aliphatic heterocycles. The molecule has 2 aromatic carbocycles. The summed E-state index contributed by atoms with van der Waals surface area (Å²) in [6, 6.07) is 13.6. The number of aromatic amines is 1. The molecule has 176 valence electrons. The summed E-state index contributed by atoms with van der Waals surface area (Å²) in [5.74, 6) is -1.06. The summed E-state index contributed by atoms with van der Waals surface area (Å²) < 4.78 is 26.8. The maximum absolute atomic E-state index is 13.6. The second-order valence-electron chi connectivity index (χ2n) is 9.07. The van der Waals surface area contributed by atoms with Gasteiger partial charge >= 0.3 is 0 Å². The highest BCUT2D eigenvalue weighted by Gasteiger charge is 2.37. The molecule has 3 heterocycles. The van der Waals surface area contributed by atoms with Crippen LogP contribution in [0.4, 0.5) is 8.78 Å². The number of nitrogens with zero attached hydrogens (tertiary/aromatic N) is 3. The van der Waals surface area contributed by atoms with E-state index in [4.69, 9.17) is 0 Å². The molecule has 2 saturated heterocycles. The van der Waals surface area contributed by atoms with Gasteiger partial charge in [-0.05, 0) is 36.6 Å². The third-order valence-corrected chi connectivity index (χ3v) is 6.80. The van der Waals surface area contributed by atoms with Crippen molar-refractivity contribution in [3.05, 3.63) is 77.8 Å². The lowest BCUT2D eigenvalue weighted by atomic mass is 9.95. The molecule has 1 aromatic heterocycles. The number of aromatic nitrogens is 2. The van der Waals surface area contributed by atoms with Crippen LogP contribution in [-0.4, -0.2) is 51.2 Å². The van der Waals surface area contributed by atoms with Crippen molar-refractivity contribution in [2.45, 2.75) is 31.7 Å². The van der Waals surface area contributed by atoms with Gasteiger partial charge in [0.2, 0.25) is 11.8 Å². The van der Waals surface area contributed by atoms with Crippen LogP contribution >= 0.6 is 0 Å². The fourth-order valence-electron chi connectivity index (χ4n) is 4.88. The third-order valence-electron chi connectivity index (χ3n) is 6.80.